The van der Waals surface area contributed by atoms with Gasteiger partial charge in [0.2, 0.25) is 5.91 Å². The summed E-state index contributed by atoms with van der Waals surface area (Å²) in [6.07, 6.45) is 0. The fourth-order valence-corrected chi connectivity index (χ4v) is 1.62. The van der Waals surface area contributed by atoms with Gasteiger partial charge in [-0.05, 0) is 17.8 Å². The zero-order valence-electron chi connectivity index (χ0n) is 9.37. The fourth-order valence-electron chi connectivity index (χ4n) is 1.24. The first kappa shape index (κ1) is 15.3. The van der Waals surface area contributed by atoms with Crippen LogP contribution >= 0.6 is 11.8 Å². The molecule has 0 heterocycles. The van der Waals surface area contributed by atoms with Gasteiger partial charge in [-0.2, -0.15) is 18.4 Å². The number of halogens is 4. The van der Waals surface area contributed by atoms with Gasteiger partial charge >= 0.3 is 5.51 Å². The third-order valence-electron chi connectivity index (χ3n) is 2.02. The Balaban J connectivity index is 2.66. The molecule has 8 heteroatoms. The highest BCUT2D eigenvalue weighted by Crippen LogP contribution is 2.29. The lowest BCUT2D eigenvalue weighted by molar-refractivity contribution is -0.119. The molecule has 0 unspecified atom stereocenters. The van der Waals surface area contributed by atoms with Gasteiger partial charge in [0.1, 0.15) is 11.9 Å². The van der Waals surface area contributed by atoms with Crippen molar-refractivity contribution in [2.75, 3.05) is 5.75 Å². The number of carbonyl (C=O) groups excluding carboxylic acids is 1. The number of hydrogen-bond donors (Lipinski definition) is 1. The molecular formula is C11H8F4N2OS. The molecule has 1 aromatic rings. The molecular weight excluding hydrogens is 284 g/mol. The molecule has 3 nitrogen and oxygen atoms in total. The molecule has 102 valence electrons. The van der Waals surface area contributed by atoms with E-state index in [4.69, 9.17) is 5.26 Å². The molecule has 0 aliphatic heterocycles. The average Bonchev–Trinajstić information content (AvgIpc) is 2.33. The van der Waals surface area contributed by atoms with Crippen LogP contribution in [0, 0.1) is 17.1 Å². The molecule has 0 bridgehead atoms. The summed E-state index contributed by atoms with van der Waals surface area (Å²) in [5, 5.41) is 10.9. The van der Waals surface area contributed by atoms with Gasteiger partial charge in [-0.25, -0.2) is 4.39 Å². The summed E-state index contributed by atoms with van der Waals surface area (Å²) in [6.45, 7) is 0. The minimum absolute atomic E-state index is 0.0876. The van der Waals surface area contributed by atoms with Crippen molar-refractivity contribution in [2.24, 2.45) is 0 Å². The van der Waals surface area contributed by atoms with Crippen LogP contribution in [0.25, 0.3) is 0 Å². The Bertz CT molecular complexity index is 498. The van der Waals surface area contributed by atoms with Gasteiger partial charge in [0, 0.05) is 5.56 Å². The molecule has 1 N–H and O–H groups in total. The van der Waals surface area contributed by atoms with Crippen molar-refractivity contribution >= 4 is 17.7 Å². The number of nitrogens with zero attached hydrogens (tertiary/aromatic N) is 1. The minimum atomic E-state index is -4.53. The van der Waals surface area contributed by atoms with Crippen LogP contribution in [0.4, 0.5) is 17.6 Å². The van der Waals surface area contributed by atoms with Gasteiger partial charge in [-0.15, -0.1) is 0 Å². The lowest BCUT2D eigenvalue weighted by atomic mass is 10.1. The smallest absolute Gasteiger partial charge is 0.336 e. The van der Waals surface area contributed by atoms with Crippen molar-refractivity contribution in [1.82, 2.24) is 5.32 Å². The highest BCUT2D eigenvalue weighted by molar-refractivity contribution is 8.00. The van der Waals surface area contributed by atoms with Crippen molar-refractivity contribution in [2.45, 2.75) is 11.6 Å². The summed E-state index contributed by atoms with van der Waals surface area (Å²) in [5.41, 5.74) is -4.62. The van der Waals surface area contributed by atoms with Crippen molar-refractivity contribution in [3.63, 3.8) is 0 Å². The predicted molar refractivity (Wildman–Crippen MR) is 61.4 cm³/mol. The topological polar surface area (TPSA) is 52.9 Å². The van der Waals surface area contributed by atoms with E-state index >= 15 is 0 Å². The van der Waals surface area contributed by atoms with E-state index in [2.05, 4.69) is 0 Å². The van der Waals surface area contributed by atoms with E-state index in [1.54, 1.807) is 6.07 Å². The van der Waals surface area contributed by atoms with E-state index in [1.165, 1.54) is 18.2 Å². The number of nitriles is 1. The number of hydrogen-bond acceptors (Lipinski definition) is 3. The summed E-state index contributed by atoms with van der Waals surface area (Å²) >= 11 is -0.522. The second-order valence-electron chi connectivity index (χ2n) is 3.39. The Morgan fingerprint density at radius 2 is 2.05 bits per heavy atom. The molecule has 0 aromatic heterocycles. The summed E-state index contributed by atoms with van der Waals surface area (Å²) in [4.78, 5) is 11.2. The quantitative estimate of drug-likeness (QED) is 0.868. The third kappa shape index (κ3) is 5.18. The molecule has 1 aromatic carbocycles. The summed E-state index contributed by atoms with van der Waals surface area (Å²) in [7, 11) is 0. The monoisotopic (exact) mass is 292 g/mol. The second kappa shape index (κ2) is 6.43. The average molecular weight is 292 g/mol. The number of amides is 1. The van der Waals surface area contributed by atoms with E-state index in [9.17, 15) is 22.4 Å². The number of thioether (sulfide) groups is 1. The largest absolute Gasteiger partial charge is 0.442 e. The number of nitrogens with one attached hydrogen (secondary N) is 1. The van der Waals surface area contributed by atoms with Crippen LogP contribution < -0.4 is 5.32 Å². The number of rotatable bonds is 4. The highest BCUT2D eigenvalue weighted by Gasteiger charge is 2.29. The van der Waals surface area contributed by atoms with Crippen molar-refractivity contribution < 1.29 is 22.4 Å². The Hall–Kier alpha value is -1.75. The van der Waals surface area contributed by atoms with E-state index in [0.29, 0.717) is 0 Å². The van der Waals surface area contributed by atoms with Gasteiger partial charge in [0.25, 0.3) is 0 Å². The lowest BCUT2D eigenvalue weighted by Gasteiger charge is -2.13. The minimum Gasteiger partial charge on any atom is -0.336 e. The van der Waals surface area contributed by atoms with Crippen molar-refractivity contribution in [3.8, 4) is 6.07 Å². The first-order valence-corrected chi connectivity index (χ1v) is 5.96. The summed E-state index contributed by atoms with van der Waals surface area (Å²) in [6, 6.07) is 5.53. The number of benzene rings is 1. The van der Waals surface area contributed by atoms with Gasteiger partial charge in [0.15, 0.2) is 0 Å². The Morgan fingerprint density at radius 1 is 1.42 bits per heavy atom. The van der Waals surface area contributed by atoms with Crippen molar-refractivity contribution in [1.29, 1.82) is 5.26 Å². The molecule has 1 amide bonds. The molecule has 1 rings (SSSR count). The van der Waals surface area contributed by atoms with Crippen molar-refractivity contribution in [3.05, 3.63) is 35.6 Å². The molecule has 0 radical (unpaired) electrons. The van der Waals surface area contributed by atoms with E-state index in [-0.39, 0.29) is 5.56 Å². The highest BCUT2D eigenvalue weighted by atomic mass is 32.2. The Labute approximate surface area is 110 Å². The molecule has 0 aliphatic carbocycles. The zero-order chi connectivity index (χ0) is 14.5. The molecule has 0 spiro atoms. The molecule has 0 aliphatic rings. The summed E-state index contributed by atoms with van der Waals surface area (Å²) in [5.74, 6) is -2.58. The van der Waals surface area contributed by atoms with Crippen LogP contribution in [0.2, 0.25) is 0 Å². The SMILES string of the molecule is N#C[C@@H](NC(=O)CSC(F)(F)F)c1ccccc1F. The number of carbonyl (C=O) groups is 1. The maximum Gasteiger partial charge on any atom is 0.442 e. The second-order valence-corrected chi connectivity index (χ2v) is 4.43. The van der Waals surface area contributed by atoms with Crippen LogP contribution in [0.1, 0.15) is 11.6 Å². The van der Waals surface area contributed by atoms with Crippen LogP contribution in [0.5, 0.6) is 0 Å². The standard InChI is InChI=1S/C11H8F4N2OS/c12-8-4-2-1-3-7(8)9(5-16)17-10(18)6-19-11(13,14)15/h1-4,9H,6H2,(H,17,18)/t9-/m1/s1. The van der Waals surface area contributed by atoms with E-state index in [1.807, 2.05) is 5.32 Å². The Morgan fingerprint density at radius 3 is 2.58 bits per heavy atom. The zero-order valence-corrected chi connectivity index (χ0v) is 10.2. The summed E-state index contributed by atoms with van der Waals surface area (Å²) < 4.78 is 49.0. The van der Waals surface area contributed by atoms with E-state index < -0.39 is 40.8 Å². The van der Waals surface area contributed by atoms with Crippen LogP contribution in [-0.4, -0.2) is 17.2 Å². The van der Waals surface area contributed by atoms with Gasteiger partial charge in [-0.1, -0.05) is 18.2 Å². The van der Waals surface area contributed by atoms with Gasteiger partial charge in [-0.3, -0.25) is 4.79 Å². The molecule has 0 saturated heterocycles. The van der Waals surface area contributed by atoms with Crippen LogP contribution in [0.15, 0.2) is 24.3 Å². The van der Waals surface area contributed by atoms with Crippen LogP contribution in [-0.2, 0) is 4.79 Å². The normalized spacial score (nSPS) is 12.6. The predicted octanol–water partition coefficient (Wildman–Crippen LogP) is 2.76. The third-order valence-corrected chi connectivity index (χ3v) is 2.75. The Kier molecular flexibility index (Phi) is 5.18. The van der Waals surface area contributed by atoms with E-state index in [0.717, 1.165) is 6.07 Å². The maximum absolute atomic E-state index is 13.4. The first-order valence-electron chi connectivity index (χ1n) is 4.97. The number of alkyl halides is 3. The van der Waals surface area contributed by atoms with Gasteiger partial charge < -0.3 is 5.32 Å². The molecule has 19 heavy (non-hydrogen) atoms. The first-order chi connectivity index (χ1) is 8.83. The van der Waals surface area contributed by atoms with Gasteiger partial charge in [0.05, 0.1) is 11.8 Å². The maximum atomic E-state index is 13.4. The molecule has 0 fully saturated rings. The van der Waals surface area contributed by atoms with Crippen LogP contribution in [0.3, 0.4) is 0 Å². The lowest BCUT2D eigenvalue weighted by Crippen LogP contribution is -2.30. The molecule has 1 atom stereocenters. The molecule has 0 saturated carbocycles. The fraction of sp³-hybridized carbons (Fsp3) is 0.273.